The van der Waals surface area contributed by atoms with E-state index in [0.717, 1.165) is 11.1 Å². The average Bonchev–Trinajstić information content (AvgIpc) is 2.72. The zero-order valence-electron chi connectivity index (χ0n) is 15.6. The molecule has 0 saturated carbocycles. The number of hydrogen-bond acceptors (Lipinski definition) is 4. The molecule has 1 aromatic heterocycles. The molecular formula is C21H22N4O3. The normalized spacial score (nSPS) is 11.2. The number of carbonyl (C=O) groups excluding carboxylic acids is 1. The molecule has 144 valence electrons. The summed E-state index contributed by atoms with van der Waals surface area (Å²) in [7, 11) is 0. The number of hydrogen-bond donors (Lipinski definition) is 3. The van der Waals surface area contributed by atoms with E-state index in [4.69, 9.17) is 0 Å². The summed E-state index contributed by atoms with van der Waals surface area (Å²) in [6, 6.07) is 20.0. The predicted molar refractivity (Wildman–Crippen MR) is 106 cm³/mol. The number of carbonyl (C=O) groups is 1. The average molecular weight is 378 g/mol. The maximum Gasteiger partial charge on any atom is 0.342 e. The molecule has 7 heteroatoms. The molecule has 0 spiro atoms. The van der Waals surface area contributed by atoms with Crippen LogP contribution in [-0.4, -0.2) is 27.6 Å². The minimum atomic E-state index is -0.667. The third-order valence-electron chi connectivity index (χ3n) is 4.83. The standard InChI is InChI=1S/C21H22N4O3/c1-21(15-8-4-2-5-9-15,16-10-6-3-7-11-16)14-22-18(26)13-12-17-19(27)23-20(28)25-24-17/h2-11H,12-14H2,1H3,(H,22,26)(H2,23,25,27,28). The van der Waals surface area contributed by atoms with Gasteiger partial charge >= 0.3 is 5.69 Å². The van der Waals surface area contributed by atoms with Crippen molar-refractivity contribution in [2.75, 3.05) is 6.54 Å². The number of benzene rings is 2. The summed E-state index contributed by atoms with van der Waals surface area (Å²) in [5.74, 6) is -0.189. The molecule has 1 amide bonds. The highest BCUT2D eigenvalue weighted by Gasteiger charge is 2.29. The van der Waals surface area contributed by atoms with E-state index >= 15 is 0 Å². The Morgan fingerprint density at radius 1 is 1.00 bits per heavy atom. The van der Waals surface area contributed by atoms with Crippen LogP contribution in [0.15, 0.2) is 70.3 Å². The molecular weight excluding hydrogens is 356 g/mol. The molecule has 0 atom stereocenters. The monoisotopic (exact) mass is 378 g/mol. The molecule has 28 heavy (non-hydrogen) atoms. The van der Waals surface area contributed by atoms with Crippen molar-refractivity contribution in [3.8, 4) is 0 Å². The number of nitrogens with one attached hydrogen (secondary N) is 3. The first-order chi connectivity index (χ1) is 13.5. The molecule has 0 bridgehead atoms. The highest BCUT2D eigenvalue weighted by molar-refractivity contribution is 5.76. The zero-order valence-corrected chi connectivity index (χ0v) is 15.6. The lowest BCUT2D eigenvalue weighted by atomic mass is 9.76. The van der Waals surface area contributed by atoms with Crippen LogP contribution >= 0.6 is 0 Å². The molecule has 1 heterocycles. The summed E-state index contributed by atoms with van der Waals surface area (Å²) in [5.41, 5.74) is 0.685. The molecule has 0 unspecified atom stereocenters. The molecule has 3 N–H and O–H groups in total. The SMILES string of the molecule is CC(CNC(=O)CCc1n[nH]c(=O)[nH]c1=O)(c1ccccc1)c1ccccc1. The first kappa shape index (κ1) is 19.3. The summed E-state index contributed by atoms with van der Waals surface area (Å²) in [5, 5.41) is 8.83. The molecule has 3 aromatic rings. The van der Waals surface area contributed by atoms with Gasteiger partial charge in [0.2, 0.25) is 5.91 Å². The van der Waals surface area contributed by atoms with Gasteiger partial charge in [0.25, 0.3) is 5.56 Å². The Morgan fingerprint density at radius 2 is 1.57 bits per heavy atom. The number of amides is 1. The topological polar surface area (TPSA) is 108 Å². The van der Waals surface area contributed by atoms with Gasteiger partial charge in [0, 0.05) is 24.8 Å². The molecule has 0 aliphatic heterocycles. The van der Waals surface area contributed by atoms with Crippen LogP contribution in [0.2, 0.25) is 0 Å². The molecule has 3 rings (SSSR count). The highest BCUT2D eigenvalue weighted by Crippen LogP contribution is 2.31. The van der Waals surface area contributed by atoms with Gasteiger partial charge in [-0.3, -0.25) is 14.6 Å². The van der Waals surface area contributed by atoms with Crippen LogP contribution < -0.4 is 16.6 Å². The Kier molecular flexibility index (Phi) is 5.84. The second kappa shape index (κ2) is 8.47. The Hall–Kier alpha value is -3.48. The van der Waals surface area contributed by atoms with Crippen molar-refractivity contribution in [1.29, 1.82) is 0 Å². The quantitative estimate of drug-likeness (QED) is 0.579. The van der Waals surface area contributed by atoms with Crippen LogP contribution in [0.3, 0.4) is 0 Å². The molecule has 2 aromatic carbocycles. The fourth-order valence-electron chi connectivity index (χ4n) is 3.12. The van der Waals surface area contributed by atoms with E-state index < -0.39 is 16.7 Å². The van der Waals surface area contributed by atoms with Gasteiger partial charge in [-0.2, -0.15) is 5.10 Å². The number of aromatic amines is 2. The first-order valence-electron chi connectivity index (χ1n) is 9.05. The first-order valence-corrected chi connectivity index (χ1v) is 9.05. The third kappa shape index (κ3) is 4.43. The Balaban J connectivity index is 1.71. The van der Waals surface area contributed by atoms with Gasteiger partial charge < -0.3 is 5.32 Å². The van der Waals surface area contributed by atoms with E-state index in [1.807, 2.05) is 60.7 Å². The largest absolute Gasteiger partial charge is 0.355 e. The van der Waals surface area contributed by atoms with Crippen LogP contribution in [0.1, 0.15) is 30.2 Å². The van der Waals surface area contributed by atoms with Crippen LogP contribution in [0.5, 0.6) is 0 Å². The Morgan fingerprint density at radius 3 is 2.11 bits per heavy atom. The van der Waals surface area contributed by atoms with E-state index in [-0.39, 0.29) is 24.4 Å². The van der Waals surface area contributed by atoms with Gasteiger partial charge in [-0.15, -0.1) is 0 Å². The molecule has 0 saturated heterocycles. The molecule has 0 radical (unpaired) electrons. The van der Waals surface area contributed by atoms with Crippen LogP contribution in [0.25, 0.3) is 0 Å². The van der Waals surface area contributed by atoms with Gasteiger partial charge in [0.15, 0.2) is 0 Å². The smallest absolute Gasteiger partial charge is 0.342 e. The molecule has 0 aliphatic rings. The van der Waals surface area contributed by atoms with Crippen molar-refractivity contribution >= 4 is 5.91 Å². The summed E-state index contributed by atoms with van der Waals surface area (Å²) in [6.45, 7) is 2.50. The predicted octanol–water partition coefficient (Wildman–Crippen LogP) is 1.51. The van der Waals surface area contributed by atoms with Crippen molar-refractivity contribution in [3.05, 3.63) is 98.3 Å². The fourth-order valence-corrected chi connectivity index (χ4v) is 3.12. The van der Waals surface area contributed by atoms with Crippen molar-refractivity contribution in [3.63, 3.8) is 0 Å². The summed E-state index contributed by atoms with van der Waals surface area (Å²) >= 11 is 0. The van der Waals surface area contributed by atoms with Crippen molar-refractivity contribution in [2.45, 2.75) is 25.2 Å². The second-order valence-electron chi connectivity index (χ2n) is 6.79. The van der Waals surface area contributed by atoms with E-state index in [0.29, 0.717) is 6.54 Å². The number of aromatic nitrogens is 3. The van der Waals surface area contributed by atoms with E-state index in [2.05, 4.69) is 27.4 Å². The third-order valence-corrected chi connectivity index (χ3v) is 4.83. The van der Waals surface area contributed by atoms with Crippen molar-refractivity contribution in [1.82, 2.24) is 20.5 Å². The summed E-state index contributed by atoms with van der Waals surface area (Å²) < 4.78 is 0. The van der Waals surface area contributed by atoms with E-state index in [1.165, 1.54) is 0 Å². The van der Waals surface area contributed by atoms with Crippen LogP contribution in [0.4, 0.5) is 0 Å². The van der Waals surface area contributed by atoms with Crippen LogP contribution in [0, 0.1) is 0 Å². The van der Waals surface area contributed by atoms with Gasteiger partial charge in [-0.25, -0.2) is 9.89 Å². The number of rotatable bonds is 7. The van der Waals surface area contributed by atoms with Gasteiger partial charge in [0.1, 0.15) is 5.69 Å². The lowest BCUT2D eigenvalue weighted by Crippen LogP contribution is -2.40. The van der Waals surface area contributed by atoms with E-state index in [9.17, 15) is 14.4 Å². The zero-order chi connectivity index (χ0) is 20.0. The second-order valence-corrected chi connectivity index (χ2v) is 6.79. The van der Waals surface area contributed by atoms with Crippen molar-refractivity contribution < 1.29 is 4.79 Å². The Bertz CT molecular complexity index is 1000. The maximum atomic E-state index is 12.4. The molecule has 7 nitrogen and oxygen atoms in total. The number of H-pyrrole nitrogens is 2. The summed E-state index contributed by atoms with van der Waals surface area (Å²) in [6.07, 6.45) is 0.243. The molecule has 0 aliphatic carbocycles. The minimum Gasteiger partial charge on any atom is -0.355 e. The molecule has 0 fully saturated rings. The highest BCUT2D eigenvalue weighted by atomic mass is 16.2. The van der Waals surface area contributed by atoms with Gasteiger partial charge in [-0.05, 0) is 18.1 Å². The summed E-state index contributed by atoms with van der Waals surface area (Å²) in [4.78, 5) is 37.2. The number of nitrogens with zero attached hydrogens (tertiary/aromatic N) is 1. The van der Waals surface area contributed by atoms with E-state index in [1.54, 1.807) is 0 Å². The maximum absolute atomic E-state index is 12.4. The number of aryl methyl sites for hydroxylation is 1. The Labute approximate surface area is 161 Å². The lowest BCUT2D eigenvalue weighted by molar-refractivity contribution is -0.121. The van der Waals surface area contributed by atoms with Gasteiger partial charge in [-0.1, -0.05) is 60.7 Å². The van der Waals surface area contributed by atoms with Crippen LogP contribution in [-0.2, 0) is 16.6 Å². The lowest BCUT2D eigenvalue weighted by Gasteiger charge is -2.31. The fraction of sp³-hybridized carbons (Fsp3) is 0.238. The van der Waals surface area contributed by atoms with Gasteiger partial charge in [0.05, 0.1) is 0 Å². The minimum absolute atomic E-state index is 0.0990. The van der Waals surface area contributed by atoms with Crippen molar-refractivity contribution in [2.24, 2.45) is 0 Å².